The molecular weight excluding hydrogens is 246 g/mol. The lowest BCUT2D eigenvalue weighted by Crippen LogP contribution is -2.45. The van der Waals surface area contributed by atoms with Crippen molar-refractivity contribution in [3.63, 3.8) is 0 Å². The van der Waals surface area contributed by atoms with Crippen molar-refractivity contribution < 1.29 is 19.1 Å². The van der Waals surface area contributed by atoms with Crippen LogP contribution in [0.25, 0.3) is 0 Å². The van der Waals surface area contributed by atoms with Crippen LogP contribution in [0.3, 0.4) is 0 Å². The first-order chi connectivity index (χ1) is 9.21. The molecule has 0 unspecified atom stereocenters. The van der Waals surface area contributed by atoms with Gasteiger partial charge in [-0.15, -0.1) is 0 Å². The van der Waals surface area contributed by atoms with E-state index in [4.69, 9.17) is 9.15 Å². The second-order valence-corrected chi connectivity index (χ2v) is 4.98. The lowest BCUT2D eigenvalue weighted by atomic mass is 10.0. The van der Waals surface area contributed by atoms with E-state index in [0.29, 0.717) is 32.6 Å². The molecule has 1 aromatic heterocycles. The van der Waals surface area contributed by atoms with Gasteiger partial charge in [-0.1, -0.05) is 0 Å². The van der Waals surface area contributed by atoms with Crippen molar-refractivity contribution in [1.29, 1.82) is 0 Å². The van der Waals surface area contributed by atoms with Gasteiger partial charge in [0.1, 0.15) is 18.0 Å². The Balaban J connectivity index is 1.53. The van der Waals surface area contributed by atoms with Gasteiger partial charge in [0.2, 0.25) is 0 Å². The molecule has 1 aliphatic carbocycles. The van der Waals surface area contributed by atoms with Gasteiger partial charge in [-0.25, -0.2) is 0 Å². The molecule has 0 aromatic carbocycles. The van der Waals surface area contributed by atoms with Gasteiger partial charge in [0.25, 0.3) is 5.91 Å². The Kier molecular flexibility index (Phi) is 4.99. The van der Waals surface area contributed by atoms with Crippen LogP contribution in [0.2, 0.25) is 0 Å². The summed E-state index contributed by atoms with van der Waals surface area (Å²) >= 11 is 0. The molecule has 0 atom stereocenters. The minimum atomic E-state index is -1.13. The van der Waals surface area contributed by atoms with Gasteiger partial charge in [-0.05, 0) is 44.2 Å². The van der Waals surface area contributed by atoms with Gasteiger partial charge >= 0.3 is 0 Å². The third kappa shape index (κ3) is 4.08. The molecular formula is C14H21NO4. The highest BCUT2D eigenvalue weighted by Gasteiger charge is 2.38. The van der Waals surface area contributed by atoms with Crippen molar-refractivity contribution in [2.75, 3.05) is 13.2 Å². The summed E-state index contributed by atoms with van der Waals surface area (Å²) in [5, 5.41) is 12.8. The standard InChI is InChI=1S/C14H21NO4/c16-13(14(17)6-1-2-7-14)15-8-4-9-18-11-12-5-3-10-19-12/h3,5,10,17H,1-2,4,6-9,11H2,(H,15,16). The second kappa shape index (κ2) is 6.73. The Bertz CT molecular complexity index is 382. The van der Waals surface area contributed by atoms with Gasteiger partial charge in [0.05, 0.1) is 6.26 Å². The van der Waals surface area contributed by atoms with Crippen molar-refractivity contribution >= 4 is 5.91 Å². The van der Waals surface area contributed by atoms with Crippen LogP contribution in [-0.4, -0.2) is 29.8 Å². The van der Waals surface area contributed by atoms with E-state index in [1.165, 1.54) is 0 Å². The predicted octanol–water partition coefficient (Wildman–Crippen LogP) is 1.61. The molecule has 19 heavy (non-hydrogen) atoms. The van der Waals surface area contributed by atoms with Crippen LogP contribution in [0.5, 0.6) is 0 Å². The zero-order valence-corrected chi connectivity index (χ0v) is 11.1. The molecule has 0 bridgehead atoms. The van der Waals surface area contributed by atoms with E-state index < -0.39 is 5.60 Å². The fourth-order valence-corrected chi connectivity index (χ4v) is 2.30. The van der Waals surface area contributed by atoms with E-state index in [1.54, 1.807) is 6.26 Å². The largest absolute Gasteiger partial charge is 0.467 e. The summed E-state index contributed by atoms with van der Waals surface area (Å²) < 4.78 is 10.5. The molecule has 1 saturated carbocycles. The minimum absolute atomic E-state index is 0.240. The maximum atomic E-state index is 11.8. The number of rotatable bonds is 7. The maximum Gasteiger partial charge on any atom is 0.251 e. The number of ether oxygens (including phenoxy) is 1. The number of hydrogen-bond donors (Lipinski definition) is 2. The molecule has 0 spiro atoms. The molecule has 0 radical (unpaired) electrons. The minimum Gasteiger partial charge on any atom is -0.467 e. The predicted molar refractivity (Wildman–Crippen MR) is 69.4 cm³/mol. The molecule has 1 amide bonds. The first-order valence-corrected chi connectivity index (χ1v) is 6.81. The van der Waals surface area contributed by atoms with Crippen molar-refractivity contribution in [3.05, 3.63) is 24.2 Å². The molecule has 1 aliphatic rings. The van der Waals surface area contributed by atoms with E-state index in [0.717, 1.165) is 25.0 Å². The number of hydrogen-bond acceptors (Lipinski definition) is 4. The number of carbonyl (C=O) groups excluding carboxylic acids is 1. The van der Waals surface area contributed by atoms with Gasteiger partial charge < -0.3 is 19.6 Å². The number of nitrogens with one attached hydrogen (secondary N) is 1. The smallest absolute Gasteiger partial charge is 0.251 e. The van der Waals surface area contributed by atoms with Crippen LogP contribution in [0.1, 0.15) is 37.9 Å². The molecule has 2 N–H and O–H groups in total. The van der Waals surface area contributed by atoms with Crippen LogP contribution in [-0.2, 0) is 16.1 Å². The zero-order chi connectivity index (χ0) is 13.6. The third-order valence-electron chi connectivity index (χ3n) is 3.43. The zero-order valence-electron chi connectivity index (χ0n) is 11.1. The van der Waals surface area contributed by atoms with Crippen molar-refractivity contribution in [1.82, 2.24) is 5.32 Å². The summed E-state index contributed by atoms with van der Waals surface area (Å²) in [7, 11) is 0. The van der Waals surface area contributed by atoms with E-state index in [2.05, 4.69) is 5.32 Å². The Hall–Kier alpha value is -1.33. The molecule has 5 nitrogen and oxygen atoms in total. The highest BCUT2D eigenvalue weighted by atomic mass is 16.5. The van der Waals surface area contributed by atoms with E-state index >= 15 is 0 Å². The fourth-order valence-electron chi connectivity index (χ4n) is 2.30. The second-order valence-electron chi connectivity index (χ2n) is 4.98. The van der Waals surface area contributed by atoms with Crippen molar-refractivity contribution in [2.24, 2.45) is 0 Å². The summed E-state index contributed by atoms with van der Waals surface area (Å²) in [5.41, 5.74) is -1.13. The van der Waals surface area contributed by atoms with Crippen LogP contribution >= 0.6 is 0 Å². The fraction of sp³-hybridized carbons (Fsp3) is 0.643. The molecule has 0 saturated heterocycles. The maximum absolute atomic E-state index is 11.8. The topological polar surface area (TPSA) is 71.7 Å². The molecule has 0 aliphatic heterocycles. The average Bonchev–Trinajstić information content (AvgIpc) is 3.05. The Morgan fingerprint density at radius 1 is 1.47 bits per heavy atom. The highest BCUT2D eigenvalue weighted by Crippen LogP contribution is 2.29. The quantitative estimate of drug-likeness (QED) is 0.736. The molecule has 1 aromatic rings. The van der Waals surface area contributed by atoms with Gasteiger partial charge in [0.15, 0.2) is 0 Å². The van der Waals surface area contributed by atoms with Gasteiger partial charge in [-0.3, -0.25) is 4.79 Å². The number of carbonyl (C=O) groups is 1. The number of amides is 1. The lowest BCUT2D eigenvalue weighted by molar-refractivity contribution is -0.139. The first kappa shape index (κ1) is 14.1. The van der Waals surface area contributed by atoms with Crippen molar-refractivity contribution in [2.45, 2.75) is 44.3 Å². The monoisotopic (exact) mass is 267 g/mol. The molecule has 106 valence electrons. The summed E-state index contributed by atoms with van der Waals surface area (Å²) in [6, 6.07) is 3.68. The van der Waals surface area contributed by atoms with Crippen LogP contribution < -0.4 is 5.32 Å². The van der Waals surface area contributed by atoms with Crippen LogP contribution in [0, 0.1) is 0 Å². The highest BCUT2D eigenvalue weighted by molar-refractivity contribution is 5.85. The van der Waals surface area contributed by atoms with Crippen LogP contribution in [0.4, 0.5) is 0 Å². The SMILES string of the molecule is O=C(NCCCOCc1ccco1)C1(O)CCCC1. The molecule has 1 fully saturated rings. The molecule has 1 heterocycles. The Labute approximate surface area is 112 Å². The van der Waals surface area contributed by atoms with Crippen LogP contribution in [0.15, 0.2) is 22.8 Å². The number of aliphatic hydroxyl groups is 1. The number of furan rings is 1. The average molecular weight is 267 g/mol. The van der Waals surface area contributed by atoms with Crippen molar-refractivity contribution in [3.8, 4) is 0 Å². The summed E-state index contributed by atoms with van der Waals surface area (Å²) in [6.45, 7) is 1.53. The third-order valence-corrected chi connectivity index (χ3v) is 3.43. The van der Waals surface area contributed by atoms with Gasteiger partial charge in [0, 0.05) is 13.2 Å². The molecule has 2 rings (SSSR count). The summed E-state index contributed by atoms with van der Waals surface area (Å²) in [5.74, 6) is 0.556. The van der Waals surface area contributed by atoms with Gasteiger partial charge in [-0.2, -0.15) is 0 Å². The van der Waals surface area contributed by atoms with E-state index in [-0.39, 0.29) is 5.91 Å². The first-order valence-electron chi connectivity index (χ1n) is 6.81. The van der Waals surface area contributed by atoms with E-state index in [9.17, 15) is 9.90 Å². The Morgan fingerprint density at radius 2 is 2.26 bits per heavy atom. The molecule has 5 heteroatoms. The Morgan fingerprint density at radius 3 is 2.95 bits per heavy atom. The normalized spacial score (nSPS) is 17.5. The summed E-state index contributed by atoms with van der Waals surface area (Å²) in [4.78, 5) is 11.8. The lowest BCUT2D eigenvalue weighted by Gasteiger charge is -2.20. The van der Waals surface area contributed by atoms with E-state index in [1.807, 2.05) is 12.1 Å². The summed E-state index contributed by atoms with van der Waals surface area (Å²) in [6.07, 6.45) is 5.34.